The lowest BCUT2D eigenvalue weighted by molar-refractivity contribution is 0.271. The molecule has 0 saturated heterocycles. The second-order valence-corrected chi connectivity index (χ2v) is 3.91. The summed E-state index contributed by atoms with van der Waals surface area (Å²) in [4.78, 5) is 8.14. The number of anilines is 2. The van der Waals surface area contributed by atoms with Crippen molar-refractivity contribution in [3.05, 3.63) is 47.4 Å². The van der Waals surface area contributed by atoms with Crippen LogP contribution in [0.1, 0.15) is 17.0 Å². The molecule has 17 heavy (non-hydrogen) atoms. The molecule has 0 atom stereocenters. The largest absolute Gasteiger partial charge is 0.388 e. The van der Waals surface area contributed by atoms with Crippen molar-refractivity contribution >= 4 is 11.5 Å². The second-order valence-electron chi connectivity index (χ2n) is 3.91. The molecular weight excluding hydrogens is 214 g/mol. The van der Waals surface area contributed by atoms with Crippen LogP contribution in [0.4, 0.5) is 11.5 Å². The lowest BCUT2D eigenvalue weighted by Gasteiger charge is -2.12. The number of nitrogens with zero attached hydrogens (tertiary/aromatic N) is 2. The number of rotatable bonds is 3. The number of benzene rings is 1. The van der Waals surface area contributed by atoms with Crippen molar-refractivity contribution in [1.82, 2.24) is 9.97 Å². The number of aryl methyl sites for hydroxylation is 2. The quantitative estimate of drug-likeness (QED) is 0.848. The van der Waals surface area contributed by atoms with E-state index < -0.39 is 0 Å². The molecule has 4 nitrogen and oxygen atoms in total. The Balaban J connectivity index is 2.31. The van der Waals surface area contributed by atoms with Gasteiger partial charge in [0.15, 0.2) is 5.82 Å². The van der Waals surface area contributed by atoms with Gasteiger partial charge < -0.3 is 10.4 Å². The maximum absolute atomic E-state index is 8.98. The van der Waals surface area contributed by atoms with Crippen LogP contribution in [-0.4, -0.2) is 15.1 Å². The highest BCUT2D eigenvalue weighted by Gasteiger charge is 2.04. The lowest BCUT2D eigenvalue weighted by atomic mass is 10.1. The minimum absolute atomic E-state index is 0.151. The van der Waals surface area contributed by atoms with Crippen molar-refractivity contribution in [2.75, 3.05) is 5.32 Å². The zero-order chi connectivity index (χ0) is 12.3. The van der Waals surface area contributed by atoms with Gasteiger partial charge in [-0.3, -0.25) is 0 Å². The molecule has 0 amide bonds. The van der Waals surface area contributed by atoms with Gasteiger partial charge in [0.2, 0.25) is 0 Å². The number of para-hydroxylation sites is 1. The van der Waals surface area contributed by atoms with Crippen LogP contribution >= 0.6 is 0 Å². The van der Waals surface area contributed by atoms with Gasteiger partial charge >= 0.3 is 0 Å². The van der Waals surface area contributed by atoms with E-state index >= 15 is 0 Å². The molecule has 0 unspecified atom stereocenters. The topological polar surface area (TPSA) is 58.0 Å². The maximum Gasteiger partial charge on any atom is 0.156 e. The summed E-state index contributed by atoms with van der Waals surface area (Å²) in [5.41, 5.74) is 3.37. The average Bonchev–Trinajstić information content (AvgIpc) is 2.34. The first-order valence-corrected chi connectivity index (χ1v) is 5.46. The fourth-order valence-electron chi connectivity index (χ4n) is 1.68. The van der Waals surface area contributed by atoms with Crippen molar-refractivity contribution in [2.45, 2.75) is 20.5 Å². The molecule has 0 saturated carbocycles. The fourth-order valence-corrected chi connectivity index (χ4v) is 1.68. The van der Waals surface area contributed by atoms with Gasteiger partial charge in [-0.2, -0.15) is 0 Å². The highest BCUT2D eigenvalue weighted by molar-refractivity contribution is 5.64. The molecule has 2 rings (SSSR count). The molecule has 0 bridgehead atoms. The van der Waals surface area contributed by atoms with Gasteiger partial charge in [-0.1, -0.05) is 18.2 Å². The van der Waals surface area contributed by atoms with Crippen LogP contribution in [0.5, 0.6) is 0 Å². The van der Waals surface area contributed by atoms with Crippen LogP contribution in [0, 0.1) is 13.8 Å². The Hall–Kier alpha value is -1.94. The minimum atomic E-state index is -0.151. The van der Waals surface area contributed by atoms with Crippen molar-refractivity contribution < 1.29 is 5.11 Å². The van der Waals surface area contributed by atoms with Crippen LogP contribution in [0.2, 0.25) is 0 Å². The highest BCUT2D eigenvalue weighted by Crippen LogP contribution is 2.22. The van der Waals surface area contributed by atoms with Gasteiger partial charge in [0.25, 0.3) is 0 Å². The summed E-state index contributed by atoms with van der Waals surface area (Å²) in [6.45, 7) is 3.94. The Morgan fingerprint density at radius 1 is 1.18 bits per heavy atom. The molecule has 0 radical (unpaired) electrons. The molecule has 2 aromatic rings. The Morgan fingerprint density at radius 3 is 2.53 bits per heavy atom. The summed E-state index contributed by atoms with van der Waals surface area (Å²) < 4.78 is 0. The number of hydrogen-bond acceptors (Lipinski definition) is 4. The predicted molar refractivity (Wildman–Crippen MR) is 67.2 cm³/mol. The summed E-state index contributed by atoms with van der Waals surface area (Å²) in [6, 6.07) is 7.90. The van der Waals surface area contributed by atoms with Crippen LogP contribution in [0.25, 0.3) is 0 Å². The second kappa shape index (κ2) is 4.93. The summed E-state index contributed by atoms with van der Waals surface area (Å²) >= 11 is 0. The molecule has 0 aliphatic rings. The maximum atomic E-state index is 8.98. The molecule has 0 aliphatic carbocycles. The molecular formula is C13H15N3O. The first-order chi connectivity index (χ1) is 8.20. The van der Waals surface area contributed by atoms with Crippen molar-refractivity contribution in [1.29, 1.82) is 0 Å². The molecule has 4 heteroatoms. The number of aliphatic hydroxyl groups is 1. The number of hydrogen-bond donors (Lipinski definition) is 2. The zero-order valence-corrected chi connectivity index (χ0v) is 9.94. The van der Waals surface area contributed by atoms with E-state index in [1.807, 2.05) is 32.0 Å². The van der Waals surface area contributed by atoms with Crippen LogP contribution in [0.3, 0.4) is 0 Å². The predicted octanol–water partition coefficient (Wildman–Crippen LogP) is 2.33. The fraction of sp³-hybridized carbons (Fsp3) is 0.231. The lowest BCUT2D eigenvalue weighted by Crippen LogP contribution is -2.01. The number of aromatic nitrogens is 2. The third-order valence-corrected chi connectivity index (χ3v) is 2.58. The van der Waals surface area contributed by atoms with E-state index in [0.717, 1.165) is 16.8 Å². The van der Waals surface area contributed by atoms with E-state index in [4.69, 9.17) is 5.11 Å². The third kappa shape index (κ3) is 2.60. The SMILES string of the molecule is Cc1cccc(C)c1Nc1ccnc(CO)n1. The standard InChI is InChI=1S/C13H15N3O/c1-9-4-3-5-10(2)13(9)16-11-6-7-14-12(8-17)15-11/h3-7,17H,8H2,1-2H3,(H,14,15,16). The smallest absolute Gasteiger partial charge is 0.156 e. The average molecular weight is 229 g/mol. The summed E-state index contributed by atoms with van der Waals surface area (Å²) in [5.74, 6) is 1.11. The van der Waals surface area contributed by atoms with Crippen molar-refractivity contribution in [3.8, 4) is 0 Å². The van der Waals surface area contributed by atoms with Crippen molar-refractivity contribution in [3.63, 3.8) is 0 Å². The Kier molecular flexibility index (Phi) is 3.35. The Labute approximate surface area is 100 Å². The molecule has 0 spiro atoms. The Morgan fingerprint density at radius 2 is 1.88 bits per heavy atom. The van der Waals surface area contributed by atoms with E-state index in [9.17, 15) is 0 Å². The minimum Gasteiger partial charge on any atom is -0.388 e. The zero-order valence-electron chi connectivity index (χ0n) is 9.94. The molecule has 0 fully saturated rings. The van der Waals surface area contributed by atoms with Gasteiger partial charge in [0.05, 0.1) is 0 Å². The van der Waals surface area contributed by atoms with Gasteiger partial charge in [-0.15, -0.1) is 0 Å². The number of nitrogens with one attached hydrogen (secondary N) is 1. The molecule has 1 heterocycles. The van der Waals surface area contributed by atoms with E-state index in [-0.39, 0.29) is 6.61 Å². The Bertz CT molecular complexity index is 506. The first-order valence-electron chi connectivity index (χ1n) is 5.46. The van der Waals surface area contributed by atoms with E-state index in [1.54, 1.807) is 12.3 Å². The van der Waals surface area contributed by atoms with E-state index in [0.29, 0.717) is 11.6 Å². The van der Waals surface area contributed by atoms with Gasteiger partial charge in [0, 0.05) is 11.9 Å². The normalized spacial score (nSPS) is 10.3. The van der Waals surface area contributed by atoms with Crippen LogP contribution in [-0.2, 0) is 6.61 Å². The summed E-state index contributed by atoms with van der Waals surface area (Å²) in [5, 5.41) is 12.2. The van der Waals surface area contributed by atoms with E-state index in [1.165, 1.54) is 0 Å². The summed E-state index contributed by atoms with van der Waals surface area (Å²) in [7, 11) is 0. The highest BCUT2D eigenvalue weighted by atomic mass is 16.3. The third-order valence-electron chi connectivity index (χ3n) is 2.58. The van der Waals surface area contributed by atoms with Gasteiger partial charge in [0.1, 0.15) is 12.4 Å². The molecule has 88 valence electrons. The first kappa shape index (κ1) is 11.5. The number of aliphatic hydroxyl groups excluding tert-OH is 1. The molecule has 2 N–H and O–H groups in total. The molecule has 1 aromatic heterocycles. The summed E-state index contributed by atoms with van der Waals surface area (Å²) in [6.07, 6.45) is 1.63. The van der Waals surface area contributed by atoms with Crippen LogP contribution < -0.4 is 5.32 Å². The molecule has 0 aliphatic heterocycles. The van der Waals surface area contributed by atoms with Crippen LogP contribution in [0.15, 0.2) is 30.5 Å². The molecule has 1 aromatic carbocycles. The monoisotopic (exact) mass is 229 g/mol. The van der Waals surface area contributed by atoms with Gasteiger partial charge in [-0.05, 0) is 31.0 Å². The van der Waals surface area contributed by atoms with Crippen molar-refractivity contribution in [2.24, 2.45) is 0 Å². The van der Waals surface area contributed by atoms with E-state index in [2.05, 4.69) is 15.3 Å². The van der Waals surface area contributed by atoms with Gasteiger partial charge in [-0.25, -0.2) is 9.97 Å².